The molecule has 2 atom stereocenters. The minimum absolute atomic E-state index is 0. The quantitative estimate of drug-likeness (QED) is 0.913. The number of carbonyl (C=O) groups is 1. The first-order valence-electron chi connectivity index (χ1n) is 6.80. The summed E-state index contributed by atoms with van der Waals surface area (Å²) in [4.78, 5) is 14.2. The van der Waals surface area contributed by atoms with E-state index in [4.69, 9.17) is 5.73 Å². The predicted molar refractivity (Wildman–Crippen MR) is 80.7 cm³/mol. The third kappa shape index (κ3) is 3.70. The van der Waals surface area contributed by atoms with Crippen LogP contribution in [0.4, 0.5) is 4.39 Å². The van der Waals surface area contributed by atoms with Gasteiger partial charge in [0.1, 0.15) is 5.82 Å². The molecule has 2 unspecified atom stereocenters. The summed E-state index contributed by atoms with van der Waals surface area (Å²) in [5.74, 6) is 0.0661. The molecule has 0 saturated carbocycles. The van der Waals surface area contributed by atoms with Gasteiger partial charge in [0.05, 0.1) is 0 Å². The molecule has 20 heavy (non-hydrogen) atoms. The van der Waals surface area contributed by atoms with E-state index in [-0.39, 0.29) is 30.2 Å². The average molecular weight is 301 g/mol. The summed E-state index contributed by atoms with van der Waals surface area (Å²) < 4.78 is 13.2. The Labute approximate surface area is 125 Å². The number of amides is 1. The summed E-state index contributed by atoms with van der Waals surface area (Å²) in [7, 11) is 0. The fourth-order valence-electron chi connectivity index (χ4n) is 2.58. The summed E-state index contributed by atoms with van der Waals surface area (Å²) in [6.45, 7) is 5.12. The van der Waals surface area contributed by atoms with Gasteiger partial charge in [0, 0.05) is 24.7 Å². The second kappa shape index (κ2) is 7.04. The van der Waals surface area contributed by atoms with Crippen molar-refractivity contribution in [3.8, 4) is 0 Å². The van der Waals surface area contributed by atoms with Crippen LogP contribution in [0.1, 0.15) is 35.7 Å². The van der Waals surface area contributed by atoms with Crippen LogP contribution in [0.25, 0.3) is 0 Å². The first-order chi connectivity index (χ1) is 8.99. The van der Waals surface area contributed by atoms with E-state index >= 15 is 0 Å². The molecular weight excluding hydrogens is 279 g/mol. The van der Waals surface area contributed by atoms with Gasteiger partial charge in [-0.15, -0.1) is 12.4 Å². The number of benzene rings is 1. The average Bonchev–Trinajstić information content (AvgIpc) is 2.41. The van der Waals surface area contributed by atoms with Crippen molar-refractivity contribution in [2.24, 2.45) is 11.7 Å². The van der Waals surface area contributed by atoms with Crippen LogP contribution in [0, 0.1) is 18.7 Å². The van der Waals surface area contributed by atoms with Crippen molar-refractivity contribution >= 4 is 18.3 Å². The van der Waals surface area contributed by atoms with Crippen molar-refractivity contribution in [3.63, 3.8) is 0 Å². The number of rotatable bonds is 2. The van der Waals surface area contributed by atoms with Gasteiger partial charge in [-0.2, -0.15) is 0 Å². The molecule has 2 N–H and O–H groups in total. The zero-order valence-electron chi connectivity index (χ0n) is 11.9. The third-order valence-electron chi connectivity index (χ3n) is 3.89. The summed E-state index contributed by atoms with van der Waals surface area (Å²) >= 11 is 0. The van der Waals surface area contributed by atoms with Crippen molar-refractivity contribution in [2.75, 3.05) is 13.1 Å². The lowest BCUT2D eigenvalue weighted by atomic mass is 9.92. The molecule has 1 fully saturated rings. The number of piperidine rings is 1. The van der Waals surface area contributed by atoms with E-state index in [2.05, 4.69) is 0 Å². The van der Waals surface area contributed by atoms with Gasteiger partial charge in [-0.1, -0.05) is 0 Å². The number of nitrogens with zero attached hydrogens (tertiary/aromatic N) is 1. The Bertz CT molecular complexity index is 479. The second-order valence-electron chi connectivity index (χ2n) is 5.48. The maximum atomic E-state index is 13.2. The molecule has 1 aromatic rings. The van der Waals surface area contributed by atoms with Crippen LogP contribution in [-0.2, 0) is 0 Å². The monoisotopic (exact) mass is 300 g/mol. The Morgan fingerprint density at radius 3 is 2.80 bits per heavy atom. The van der Waals surface area contributed by atoms with Crippen LogP contribution >= 0.6 is 12.4 Å². The lowest BCUT2D eigenvalue weighted by molar-refractivity contribution is 0.0661. The Balaban J connectivity index is 0.00000200. The van der Waals surface area contributed by atoms with Gasteiger partial charge in [-0.3, -0.25) is 4.79 Å². The van der Waals surface area contributed by atoms with Gasteiger partial charge in [0.15, 0.2) is 0 Å². The van der Waals surface area contributed by atoms with E-state index in [1.807, 2.05) is 11.8 Å². The predicted octanol–water partition coefficient (Wildman–Crippen LogP) is 2.76. The molecule has 1 heterocycles. The van der Waals surface area contributed by atoms with Gasteiger partial charge < -0.3 is 10.6 Å². The number of nitrogens with two attached hydrogens (primary N) is 1. The van der Waals surface area contributed by atoms with E-state index in [1.165, 1.54) is 6.07 Å². The topological polar surface area (TPSA) is 46.3 Å². The van der Waals surface area contributed by atoms with Gasteiger partial charge in [-0.25, -0.2) is 4.39 Å². The molecule has 0 radical (unpaired) electrons. The van der Waals surface area contributed by atoms with Crippen LogP contribution < -0.4 is 5.73 Å². The summed E-state index contributed by atoms with van der Waals surface area (Å²) in [5.41, 5.74) is 6.99. The summed E-state index contributed by atoms with van der Waals surface area (Å²) in [6, 6.07) is 4.63. The SMILES string of the molecule is Cc1cc(C(=O)N2CCCC(C(C)N)C2)ccc1F.Cl. The van der Waals surface area contributed by atoms with E-state index in [0.717, 1.165) is 19.4 Å². The molecule has 1 amide bonds. The van der Waals surface area contributed by atoms with E-state index < -0.39 is 0 Å². The first-order valence-corrected chi connectivity index (χ1v) is 6.80. The molecule has 0 bridgehead atoms. The Hall–Kier alpha value is -1.13. The highest BCUT2D eigenvalue weighted by Gasteiger charge is 2.26. The smallest absolute Gasteiger partial charge is 0.253 e. The maximum Gasteiger partial charge on any atom is 0.253 e. The van der Waals surface area contributed by atoms with Crippen LogP contribution in [0.2, 0.25) is 0 Å². The molecule has 1 aliphatic heterocycles. The Morgan fingerprint density at radius 2 is 2.20 bits per heavy atom. The van der Waals surface area contributed by atoms with Crippen molar-refractivity contribution in [1.29, 1.82) is 0 Å². The summed E-state index contributed by atoms with van der Waals surface area (Å²) in [6.07, 6.45) is 2.06. The molecule has 0 spiro atoms. The second-order valence-corrected chi connectivity index (χ2v) is 5.48. The fraction of sp³-hybridized carbons (Fsp3) is 0.533. The van der Waals surface area contributed by atoms with Crippen LogP contribution in [0.3, 0.4) is 0 Å². The molecule has 1 aliphatic rings. The molecule has 2 rings (SSSR count). The van der Waals surface area contributed by atoms with Crippen LogP contribution in [0.5, 0.6) is 0 Å². The Morgan fingerprint density at radius 1 is 1.50 bits per heavy atom. The van der Waals surface area contributed by atoms with Gasteiger partial charge in [0.2, 0.25) is 0 Å². The molecule has 112 valence electrons. The molecular formula is C15H22ClFN2O. The normalized spacial score (nSPS) is 20.2. The molecule has 3 nitrogen and oxygen atoms in total. The minimum Gasteiger partial charge on any atom is -0.338 e. The molecule has 0 aromatic heterocycles. The largest absolute Gasteiger partial charge is 0.338 e. The van der Waals surface area contributed by atoms with Crippen molar-refractivity contribution in [2.45, 2.75) is 32.7 Å². The number of carbonyl (C=O) groups excluding carboxylic acids is 1. The standard InChI is InChI=1S/C15H21FN2O.ClH/c1-10-8-12(5-6-14(10)16)15(19)18-7-3-4-13(9-18)11(2)17;/h5-6,8,11,13H,3-4,7,9,17H2,1-2H3;1H. The maximum absolute atomic E-state index is 13.2. The highest BCUT2D eigenvalue weighted by Crippen LogP contribution is 2.21. The number of hydrogen-bond donors (Lipinski definition) is 1. The van der Waals surface area contributed by atoms with E-state index in [1.54, 1.807) is 19.1 Å². The zero-order chi connectivity index (χ0) is 14.0. The van der Waals surface area contributed by atoms with Crippen LogP contribution in [-0.4, -0.2) is 29.9 Å². The molecule has 1 saturated heterocycles. The third-order valence-corrected chi connectivity index (χ3v) is 3.89. The highest BCUT2D eigenvalue weighted by atomic mass is 35.5. The lowest BCUT2D eigenvalue weighted by Gasteiger charge is -2.34. The fourth-order valence-corrected chi connectivity index (χ4v) is 2.58. The molecule has 1 aromatic carbocycles. The van der Waals surface area contributed by atoms with Gasteiger partial charge in [0.25, 0.3) is 5.91 Å². The molecule has 5 heteroatoms. The van der Waals surface area contributed by atoms with E-state index in [0.29, 0.717) is 23.6 Å². The number of likely N-dealkylation sites (tertiary alicyclic amines) is 1. The minimum atomic E-state index is -0.274. The Kier molecular flexibility index (Phi) is 5.96. The van der Waals surface area contributed by atoms with Crippen LogP contribution in [0.15, 0.2) is 18.2 Å². The number of halogens is 2. The van der Waals surface area contributed by atoms with Crippen molar-refractivity contribution in [1.82, 2.24) is 4.90 Å². The first kappa shape index (κ1) is 16.9. The number of hydrogen-bond acceptors (Lipinski definition) is 2. The zero-order valence-corrected chi connectivity index (χ0v) is 12.8. The van der Waals surface area contributed by atoms with Crippen molar-refractivity contribution < 1.29 is 9.18 Å². The van der Waals surface area contributed by atoms with Gasteiger partial charge >= 0.3 is 0 Å². The lowest BCUT2D eigenvalue weighted by Crippen LogP contribution is -2.45. The van der Waals surface area contributed by atoms with Gasteiger partial charge in [-0.05, 0) is 56.4 Å². The van der Waals surface area contributed by atoms with Crippen molar-refractivity contribution in [3.05, 3.63) is 35.1 Å². The summed E-state index contributed by atoms with van der Waals surface area (Å²) in [5, 5.41) is 0. The number of aryl methyl sites for hydroxylation is 1. The highest BCUT2D eigenvalue weighted by molar-refractivity contribution is 5.94. The molecule has 0 aliphatic carbocycles. The van der Waals surface area contributed by atoms with E-state index in [9.17, 15) is 9.18 Å².